The van der Waals surface area contributed by atoms with Crippen LogP contribution in [0.4, 0.5) is 5.69 Å². The predicted molar refractivity (Wildman–Crippen MR) is 174 cm³/mol. The third kappa shape index (κ3) is 5.53. The number of aliphatic hydroxyl groups is 1. The van der Waals surface area contributed by atoms with Gasteiger partial charge in [0, 0.05) is 35.2 Å². The van der Waals surface area contributed by atoms with Gasteiger partial charge in [0.05, 0.1) is 30.6 Å². The molecule has 0 aromatic heterocycles. The number of hydrogen-bond donors (Lipinski definition) is 1. The van der Waals surface area contributed by atoms with Gasteiger partial charge >= 0.3 is 0 Å². The quantitative estimate of drug-likeness (QED) is 0.256. The molecule has 0 aliphatic carbocycles. The molecule has 3 heterocycles. The number of benzene rings is 2. The number of ether oxygens (including phenoxy) is 1. The second-order valence-corrected chi connectivity index (χ2v) is 13.7. The van der Waals surface area contributed by atoms with E-state index in [4.69, 9.17) is 16.3 Å². The van der Waals surface area contributed by atoms with Crippen LogP contribution in [0.25, 0.3) is 0 Å². The first-order chi connectivity index (χ1) is 21.1. The molecule has 3 saturated heterocycles. The van der Waals surface area contributed by atoms with Crippen molar-refractivity contribution in [3.63, 3.8) is 0 Å². The summed E-state index contributed by atoms with van der Waals surface area (Å²) in [6, 6.07) is 14.8. The number of nitrogens with zero attached hydrogens (tertiary/aromatic N) is 3. The van der Waals surface area contributed by atoms with Crippen LogP contribution in [0.2, 0.25) is 5.02 Å². The molecule has 5 rings (SSSR count). The molecule has 2 aromatic rings. The van der Waals surface area contributed by atoms with Gasteiger partial charge in [-0.25, -0.2) is 0 Å². The molecule has 2 bridgehead atoms. The molecule has 0 saturated carbocycles. The predicted octanol–water partition coefficient (Wildman–Crippen LogP) is 4.84. The number of alkyl halides is 1. The second-order valence-electron chi connectivity index (χ2n) is 12.1. The van der Waals surface area contributed by atoms with Crippen LogP contribution in [0, 0.1) is 17.8 Å². The molecule has 44 heavy (non-hydrogen) atoms. The van der Waals surface area contributed by atoms with E-state index in [1.807, 2.05) is 44.2 Å². The molecule has 0 radical (unpaired) electrons. The Labute approximate surface area is 272 Å². The zero-order valence-corrected chi connectivity index (χ0v) is 27.4. The molecule has 1 N–H and O–H groups in total. The van der Waals surface area contributed by atoms with E-state index in [0.29, 0.717) is 30.2 Å². The van der Waals surface area contributed by atoms with Crippen LogP contribution in [-0.4, -0.2) is 80.9 Å². The summed E-state index contributed by atoms with van der Waals surface area (Å²) < 4.78 is 6.74. The maximum absolute atomic E-state index is 14.8. The minimum Gasteiger partial charge on any atom is -0.394 e. The lowest BCUT2D eigenvalue weighted by atomic mass is 9.70. The topological polar surface area (TPSA) is 90.4 Å². The van der Waals surface area contributed by atoms with Crippen molar-refractivity contribution in [2.45, 2.75) is 55.4 Å². The van der Waals surface area contributed by atoms with Crippen LogP contribution < -0.4 is 4.90 Å². The van der Waals surface area contributed by atoms with Gasteiger partial charge < -0.3 is 24.5 Å². The Morgan fingerprint density at radius 2 is 1.77 bits per heavy atom. The van der Waals surface area contributed by atoms with E-state index in [0.717, 1.165) is 5.56 Å². The summed E-state index contributed by atoms with van der Waals surface area (Å²) in [5.74, 6) is -2.80. The SMILES string of the molecule is C=CCN(Cc1ccccc1)C(=O)[C@H]1[C@H]2C(=O)N([C@@H](CO)C(C)C)C(C(=O)N(CC=C)c3ccc(Cl)cc3)C23CC(Br)[C@@H]1O3. The van der Waals surface area contributed by atoms with Gasteiger partial charge in [-0.2, -0.15) is 0 Å². The standard InChI is InChI=1S/C34H39BrClN3O5/c1-5-16-37(19-22-10-8-7-9-11-22)31(41)27-28-32(42)39(26(20-40)21(3)4)30(34(28)18-25(35)29(27)44-34)33(43)38(17-6-2)24-14-12-23(36)13-15-24/h5-15,21,25-30,40H,1-2,16-20H2,3-4H3/t25?,26-,27-,28-,29-,30?,34?/m0/s1. The fourth-order valence-electron chi connectivity index (χ4n) is 7.23. The van der Waals surface area contributed by atoms with Crippen LogP contribution in [0.15, 0.2) is 79.9 Å². The third-order valence-corrected chi connectivity index (χ3v) is 10.3. The van der Waals surface area contributed by atoms with E-state index in [2.05, 4.69) is 29.1 Å². The van der Waals surface area contributed by atoms with E-state index < -0.39 is 35.6 Å². The van der Waals surface area contributed by atoms with Crippen LogP contribution >= 0.6 is 27.5 Å². The van der Waals surface area contributed by atoms with Gasteiger partial charge in [0.25, 0.3) is 5.91 Å². The number of rotatable bonds is 12. The van der Waals surface area contributed by atoms with Crippen LogP contribution in [-0.2, 0) is 25.7 Å². The van der Waals surface area contributed by atoms with Crippen molar-refractivity contribution in [2.75, 3.05) is 24.6 Å². The summed E-state index contributed by atoms with van der Waals surface area (Å²) in [6.45, 7) is 12.0. The van der Waals surface area contributed by atoms with Gasteiger partial charge in [0.2, 0.25) is 11.8 Å². The van der Waals surface area contributed by atoms with Gasteiger partial charge in [-0.1, -0.05) is 83.9 Å². The first kappa shape index (κ1) is 32.4. The lowest BCUT2D eigenvalue weighted by molar-refractivity contribution is -0.148. The van der Waals surface area contributed by atoms with E-state index in [9.17, 15) is 19.5 Å². The summed E-state index contributed by atoms with van der Waals surface area (Å²) in [4.78, 5) is 48.4. The minimum atomic E-state index is -1.27. The first-order valence-corrected chi connectivity index (χ1v) is 16.2. The molecule has 3 fully saturated rings. The largest absolute Gasteiger partial charge is 0.394 e. The van der Waals surface area contributed by atoms with Crippen molar-refractivity contribution in [1.82, 2.24) is 9.80 Å². The smallest absolute Gasteiger partial charge is 0.253 e. The molecule has 7 atom stereocenters. The minimum absolute atomic E-state index is 0.167. The Hall–Kier alpha value is -2.98. The normalized spacial score (nSPS) is 27.7. The van der Waals surface area contributed by atoms with Crippen molar-refractivity contribution in [2.24, 2.45) is 17.8 Å². The van der Waals surface area contributed by atoms with Crippen molar-refractivity contribution in [3.05, 3.63) is 90.5 Å². The highest BCUT2D eigenvalue weighted by atomic mass is 79.9. The number of aliphatic hydroxyl groups excluding tert-OH is 1. The highest BCUT2D eigenvalue weighted by Gasteiger charge is 2.77. The monoisotopic (exact) mass is 683 g/mol. The maximum Gasteiger partial charge on any atom is 0.253 e. The summed E-state index contributed by atoms with van der Waals surface area (Å²) in [5, 5.41) is 11.1. The average Bonchev–Trinajstić information content (AvgIpc) is 3.60. The van der Waals surface area contributed by atoms with Crippen LogP contribution in [0.1, 0.15) is 25.8 Å². The number of amides is 3. The summed E-state index contributed by atoms with van der Waals surface area (Å²) in [7, 11) is 0. The van der Waals surface area contributed by atoms with Crippen molar-refractivity contribution in [1.29, 1.82) is 0 Å². The Morgan fingerprint density at radius 1 is 1.11 bits per heavy atom. The van der Waals surface area contributed by atoms with Crippen molar-refractivity contribution in [3.8, 4) is 0 Å². The van der Waals surface area contributed by atoms with E-state index in [1.165, 1.54) is 4.90 Å². The molecule has 3 aliphatic rings. The van der Waals surface area contributed by atoms with Gasteiger partial charge in [-0.15, -0.1) is 13.2 Å². The Kier molecular flexibility index (Phi) is 9.70. The molecular formula is C34H39BrClN3O5. The number of halogens is 2. The fourth-order valence-corrected chi connectivity index (χ4v) is 8.30. The first-order valence-electron chi connectivity index (χ1n) is 15.0. The van der Waals surface area contributed by atoms with E-state index in [1.54, 1.807) is 46.2 Å². The van der Waals surface area contributed by atoms with Gasteiger partial charge in [0.1, 0.15) is 11.6 Å². The summed E-state index contributed by atoms with van der Waals surface area (Å²) >= 11 is 9.91. The number of fused-ring (bicyclic) bond motifs is 1. The number of hydrogen-bond acceptors (Lipinski definition) is 5. The Balaban J connectivity index is 1.60. The van der Waals surface area contributed by atoms with Crippen LogP contribution in [0.5, 0.6) is 0 Å². The molecule has 3 amide bonds. The highest BCUT2D eigenvalue weighted by Crippen LogP contribution is 2.61. The van der Waals surface area contributed by atoms with E-state index >= 15 is 0 Å². The summed E-state index contributed by atoms with van der Waals surface area (Å²) in [5.41, 5.74) is 0.272. The molecule has 3 unspecified atom stereocenters. The lowest BCUT2D eigenvalue weighted by Gasteiger charge is -2.40. The van der Waals surface area contributed by atoms with Gasteiger partial charge in [-0.05, 0) is 42.2 Å². The zero-order valence-electron chi connectivity index (χ0n) is 25.0. The van der Waals surface area contributed by atoms with Crippen molar-refractivity contribution >= 4 is 50.9 Å². The average molecular weight is 685 g/mol. The third-order valence-electron chi connectivity index (χ3n) is 9.15. The molecule has 1 spiro atoms. The Bertz CT molecular complexity index is 1410. The number of anilines is 1. The van der Waals surface area contributed by atoms with Crippen LogP contribution in [0.3, 0.4) is 0 Å². The van der Waals surface area contributed by atoms with E-state index in [-0.39, 0.29) is 41.6 Å². The molecule has 3 aliphatic heterocycles. The molecule has 10 heteroatoms. The highest BCUT2D eigenvalue weighted by molar-refractivity contribution is 9.09. The molecule has 2 aromatic carbocycles. The molecular weight excluding hydrogens is 646 g/mol. The maximum atomic E-state index is 14.8. The number of likely N-dealkylation sites (tertiary alicyclic amines) is 1. The lowest BCUT2D eigenvalue weighted by Crippen LogP contribution is -2.60. The molecule has 234 valence electrons. The second kappa shape index (κ2) is 13.2. The number of carbonyl (C=O) groups excluding carboxylic acids is 3. The summed E-state index contributed by atoms with van der Waals surface area (Å²) in [6.07, 6.45) is 3.06. The zero-order chi connectivity index (χ0) is 31.8. The van der Waals surface area contributed by atoms with Gasteiger partial charge in [-0.3, -0.25) is 14.4 Å². The fraction of sp³-hybridized carbons (Fsp3) is 0.441. The number of carbonyl (C=O) groups is 3. The van der Waals surface area contributed by atoms with Gasteiger partial charge in [0.15, 0.2) is 0 Å². The Morgan fingerprint density at radius 3 is 2.36 bits per heavy atom. The molecule has 8 nitrogen and oxygen atoms in total. The van der Waals surface area contributed by atoms with Crippen molar-refractivity contribution < 1.29 is 24.2 Å².